The second-order valence-corrected chi connectivity index (χ2v) is 2.38. The van der Waals surface area contributed by atoms with Gasteiger partial charge in [-0.1, -0.05) is 12.1 Å². The van der Waals surface area contributed by atoms with Gasteiger partial charge in [-0.25, -0.2) is 0 Å². The van der Waals surface area contributed by atoms with Gasteiger partial charge in [-0.2, -0.15) is 0 Å². The normalized spacial score (nSPS) is 8.11. The average Bonchev–Trinajstić information content (AvgIpc) is 1.77. The van der Waals surface area contributed by atoms with E-state index < -0.39 is 0 Å². The summed E-state index contributed by atoms with van der Waals surface area (Å²) in [6.45, 7) is 0. The molecule has 0 aliphatic heterocycles. The van der Waals surface area contributed by atoms with Crippen LogP contribution in [-0.4, -0.2) is 0 Å². The predicted molar refractivity (Wildman–Crippen MR) is 45.8 cm³/mol. The molecular formula is C6H7BrClN. The SMILES string of the molecule is Cl.N[13c]1[13cH][13cH][13cH][13cH][13c]1Br. The van der Waals surface area contributed by atoms with Crippen molar-refractivity contribution >= 4 is 34.0 Å². The fraction of sp³-hybridized carbons (Fsp3) is 0. The number of nitrogen functional groups attached to an aromatic ring is 1. The molecule has 1 nitrogen and oxygen atoms in total. The second-order valence-electron chi connectivity index (χ2n) is 1.52. The van der Waals surface area contributed by atoms with E-state index in [1.807, 2.05) is 24.3 Å². The Morgan fingerprint density at radius 1 is 1.22 bits per heavy atom. The van der Waals surface area contributed by atoms with Crippen LogP contribution in [0, 0.1) is 0 Å². The first-order chi connectivity index (χ1) is 3.80. The van der Waals surface area contributed by atoms with Crippen LogP contribution in [0.2, 0.25) is 0 Å². The molecule has 1 rings (SSSR count). The van der Waals surface area contributed by atoms with Gasteiger partial charge in [0, 0.05) is 10.2 Å². The summed E-state index contributed by atoms with van der Waals surface area (Å²) in [5.41, 5.74) is 6.26. The highest BCUT2D eigenvalue weighted by Crippen LogP contribution is 2.16. The first-order valence-corrected chi connectivity index (χ1v) is 3.10. The van der Waals surface area contributed by atoms with E-state index in [4.69, 9.17) is 5.73 Å². The fourth-order valence-corrected chi connectivity index (χ4v) is 0.760. The van der Waals surface area contributed by atoms with Crippen molar-refractivity contribution in [1.29, 1.82) is 0 Å². The summed E-state index contributed by atoms with van der Waals surface area (Å²) >= 11 is 3.27. The minimum Gasteiger partial charge on any atom is -0.398 e. The van der Waals surface area contributed by atoms with Crippen LogP contribution in [0.25, 0.3) is 0 Å². The molecule has 0 amide bonds. The summed E-state index contributed by atoms with van der Waals surface area (Å²) in [7, 11) is 0. The van der Waals surface area contributed by atoms with E-state index in [1.165, 1.54) is 0 Å². The Morgan fingerprint density at radius 2 is 1.78 bits per heavy atom. The van der Waals surface area contributed by atoms with Crippen LogP contribution in [0.4, 0.5) is 5.69 Å². The zero-order chi connectivity index (χ0) is 5.98. The van der Waals surface area contributed by atoms with Crippen molar-refractivity contribution in [2.24, 2.45) is 0 Å². The van der Waals surface area contributed by atoms with Gasteiger partial charge in [-0.05, 0) is 28.1 Å². The van der Waals surface area contributed by atoms with E-state index in [1.54, 1.807) is 0 Å². The lowest BCUT2D eigenvalue weighted by molar-refractivity contribution is 1.63. The minimum absolute atomic E-state index is 0. The van der Waals surface area contributed by atoms with Gasteiger partial charge in [0.15, 0.2) is 0 Å². The average molecular weight is 214 g/mol. The molecule has 0 saturated heterocycles. The Morgan fingerprint density at radius 3 is 2.11 bits per heavy atom. The summed E-state index contributed by atoms with van der Waals surface area (Å²) < 4.78 is 0.958. The van der Waals surface area contributed by atoms with Crippen LogP contribution in [0.15, 0.2) is 28.7 Å². The molecule has 9 heavy (non-hydrogen) atoms. The number of nitrogens with two attached hydrogens (primary N) is 1. The molecule has 3 heteroatoms. The van der Waals surface area contributed by atoms with Gasteiger partial charge in [0.05, 0.1) is 0 Å². The van der Waals surface area contributed by atoms with Crippen LogP contribution in [0.3, 0.4) is 0 Å². The molecule has 50 valence electrons. The molecule has 0 heterocycles. The van der Waals surface area contributed by atoms with Crippen LogP contribution < -0.4 is 5.73 Å². The monoisotopic (exact) mass is 213 g/mol. The summed E-state index contributed by atoms with van der Waals surface area (Å²) in [6.07, 6.45) is 0. The number of para-hydroxylation sites is 1. The number of benzene rings is 1. The van der Waals surface area contributed by atoms with E-state index in [0.717, 1.165) is 10.2 Å². The number of hydrogen-bond donors (Lipinski definition) is 1. The Balaban J connectivity index is 0.000000640. The van der Waals surface area contributed by atoms with E-state index in [0.29, 0.717) is 0 Å². The second kappa shape index (κ2) is 3.75. The van der Waals surface area contributed by atoms with Gasteiger partial charge in [0.1, 0.15) is 0 Å². The standard InChI is InChI=1S/C6H6BrN.ClH/c7-5-3-1-2-4-6(5)8;/h1-4H,8H2;1H/i1+1,2+1,3+1,4+1,5+1,6+1;. The van der Waals surface area contributed by atoms with E-state index >= 15 is 0 Å². The van der Waals surface area contributed by atoms with Crippen LogP contribution in [0.1, 0.15) is 0 Å². The van der Waals surface area contributed by atoms with E-state index in [2.05, 4.69) is 15.9 Å². The first-order valence-electron chi connectivity index (χ1n) is 2.31. The van der Waals surface area contributed by atoms with Crippen molar-refractivity contribution in [3.8, 4) is 0 Å². The quantitative estimate of drug-likeness (QED) is 0.660. The Hall–Kier alpha value is -0.210. The van der Waals surface area contributed by atoms with Gasteiger partial charge < -0.3 is 5.73 Å². The lowest BCUT2D eigenvalue weighted by atomic mass is 11.3. The molecular weight excluding hydrogens is 207 g/mol. The number of rotatable bonds is 0. The van der Waals surface area contributed by atoms with Crippen molar-refractivity contribution in [3.63, 3.8) is 0 Å². The summed E-state index contributed by atoms with van der Waals surface area (Å²) in [6, 6.07) is 7.60. The Labute approximate surface area is 68.8 Å². The van der Waals surface area contributed by atoms with Gasteiger partial charge >= 0.3 is 0 Å². The van der Waals surface area contributed by atoms with Gasteiger partial charge in [0.2, 0.25) is 0 Å². The lowest BCUT2D eigenvalue weighted by Gasteiger charge is -1.91. The molecule has 1 aromatic carbocycles. The molecule has 2 N–H and O–H groups in total. The third-order valence-electron chi connectivity index (χ3n) is 0.905. The topological polar surface area (TPSA) is 26.0 Å². The zero-order valence-electron chi connectivity index (χ0n) is 4.67. The fourth-order valence-electron chi connectivity index (χ4n) is 0.475. The van der Waals surface area contributed by atoms with Crippen molar-refractivity contribution in [2.75, 3.05) is 5.73 Å². The molecule has 0 spiro atoms. The molecule has 1 aromatic rings. The smallest absolute Gasteiger partial charge is 0.0458 e. The highest BCUT2D eigenvalue weighted by Gasteiger charge is 1.86. The first kappa shape index (κ1) is 8.79. The van der Waals surface area contributed by atoms with Gasteiger partial charge in [-0.3, -0.25) is 0 Å². The molecule has 0 aliphatic rings. The molecule has 0 bridgehead atoms. The number of anilines is 1. The van der Waals surface area contributed by atoms with Crippen molar-refractivity contribution < 1.29 is 0 Å². The molecule has 0 radical (unpaired) electrons. The third kappa shape index (κ3) is 2.24. The lowest BCUT2D eigenvalue weighted by Crippen LogP contribution is -1.82. The third-order valence-corrected chi connectivity index (χ3v) is 1.63. The number of hydrogen-bond acceptors (Lipinski definition) is 1. The van der Waals surface area contributed by atoms with Crippen LogP contribution in [0.5, 0.6) is 0 Å². The summed E-state index contributed by atoms with van der Waals surface area (Å²) in [5, 5.41) is 0. The van der Waals surface area contributed by atoms with Crippen molar-refractivity contribution in [2.45, 2.75) is 0 Å². The molecule has 0 unspecified atom stereocenters. The predicted octanol–water partition coefficient (Wildman–Crippen LogP) is 2.45. The van der Waals surface area contributed by atoms with Crippen LogP contribution in [-0.2, 0) is 0 Å². The van der Waals surface area contributed by atoms with E-state index in [9.17, 15) is 0 Å². The maximum atomic E-state index is 5.47. The maximum Gasteiger partial charge on any atom is 0.0458 e. The largest absolute Gasteiger partial charge is 0.398 e. The maximum absolute atomic E-state index is 5.47. The molecule has 0 aliphatic carbocycles. The highest BCUT2D eigenvalue weighted by molar-refractivity contribution is 9.10. The van der Waals surface area contributed by atoms with Crippen molar-refractivity contribution in [3.05, 3.63) is 28.7 Å². The molecule has 0 aromatic heterocycles. The Bertz CT molecular complexity index is 169. The van der Waals surface area contributed by atoms with E-state index in [-0.39, 0.29) is 12.4 Å². The highest BCUT2D eigenvalue weighted by atomic mass is 79.9. The van der Waals surface area contributed by atoms with Crippen LogP contribution >= 0.6 is 28.3 Å². The zero-order valence-corrected chi connectivity index (χ0v) is 7.08. The van der Waals surface area contributed by atoms with Crippen molar-refractivity contribution in [1.82, 2.24) is 0 Å². The molecule has 0 atom stereocenters. The summed E-state index contributed by atoms with van der Waals surface area (Å²) in [5.74, 6) is 0. The molecule has 0 fully saturated rings. The van der Waals surface area contributed by atoms with Gasteiger partial charge in [-0.15, -0.1) is 12.4 Å². The Kier molecular flexibility index (Phi) is 3.66. The van der Waals surface area contributed by atoms with Gasteiger partial charge in [0.25, 0.3) is 0 Å². The number of halogens is 2. The molecule has 0 saturated carbocycles. The minimum atomic E-state index is 0. The summed E-state index contributed by atoms with van der Waals surface area (Å²) in [4.78, 5) is 0.